The largest absolute Gasteiger partial charge is 0.356 e. The number of aromatic nitrogens is 6. The van der Waals surface area contributed by atoms with Crippen LogP contribution in [0.5, 0.6) is 0 Å². The Morgan fingerprint density at radius 2 is 1.72 bits per heavy atom. The molecule has 0 saturated carbocycles. The van der Waals surface area contributed by atoms with Crippen LogP contribution in [0.2, 0.25) is 0 Å². The second-order valence-electron chi connectivity index (χ2n) is 9.95. The molecule has 0 amide bonds. The molecule has 0 spiro atoms. The van der Waals surface area contributed by atoms with Gasteiger partial charge in [-0.25, -0.2) is 9.97 Å². The van der Waals surface area contributed by atoms with Gasteiger partial charge in [-0.3, -0.25) is 10.1 Å². The normalized spacial score (nSPS) is 13.7. The second-order valence-corrected chi connectivity index (χ2v) is 9.95. The van der Waals surface area contributed by atoms with Crippen molar-refractivity contribution in [1.29, 1.82) is 0 Å². The molecule has 1 aliphatic heterocycles. The van der Waals surface area contributed by atoms with Crippen molar-refractivity contribution in [3.8, 4) is 22.5 Å². The predicted molar refractivity (Wildman–Crippen MR) is 157 cm³/mol. The fourth-order valence-corrected chi connectivity index (χ4v) is 5.35. The number of aromatic amines is 2. The van der Waals surface area contributed by atoms with Gasteiger partial charge in [0.15, 0.2) is 5.65 Å². The highest BCUT2D eigenvalue weighted by Gasteiger charge is 2.18. The van der Waals surface area contributed by atoms with Gasteiger partial charge in [-0.15, -0.1) is 0 Å². The zero-order valence-corrected chi connectivity index (χ0v) is 21.5. The van der Waals surface area contributed by atoms with Crippen molar-refractivity contribution in [2.24, 2.45) is 0 Å². The molecule has 39 heavy (non-hydrogen) atoms. The molecular weight excluding hydrogens is 484 g/mol. The Balaban J connectivity index is 1.22. The lowest BCUT2D eigenvalue weighted by Gasteiger charge is -2.28. The van der Waals surface area contributed by atoms with E-state index in [1.807, 2.05) is 55.0 Å². The van der Waals surface area contributed by atoms with Gasteiger partial charge in [-0.1, -0.05) is 36.9 Å². The molecule has 5 aromatic heterocycles. The van der Waals surface area contributed by atoms with Crippen molar-refractivity contribution in [3.05, 3.63) is 91.5 Å². The third kappa shape index (κ3) is 4.40. The van der Waals surface area contributed by atoms with Crippen LogP contribution < -0.4 is 10.2 Å². The Kier molecular flexibility index (Phi) is 5.77. The van der Waals surface area contributed by atoms with E-state index in [9.17, 15) is 0 Å². The number of piperidine rings is 1. The minimum absolute atomic E-state index is 0.668. The first-order chi connectivity index (χ1) is 19.2. The lowest BCUT2D eigenvalue weighted by molar-refractivity contribution is 0.575. The van der Waals surface area contributed by atoms with E-state index in [1.165, 1.54) is 19.3 Å². The summed E-state index contributed by atoms with van der Waals surface area (Å²) >= 11 is 0. The molecule has 1 aromatic carbocycles. The van der Waals surface area contributed by atoms with Gasteiger partial charge >= 0.3 is 0 Å². The van der Waals surface area contributed by atoms with Crippen LogP contribution in [0.4, 0.5) is 11.5 Å². The standard InChI is InChI=1S/C31H28N8/c1-20(21-8-4-2-5-9-21)35-24-14-22(17-32-19-24)23-15-26-29(37-38-30(26)34-18-23)28-16-25-27(36-28)10-11-33-31(25)39-12-6-3-7-13-39/h2,4-5,8-11,14-19,35-36H,1,3,6-7,12-13H2,(H,34,37,38). The van der Waals surface area contributed by atoms with E-state index in [1.54, 1.807) is 6.20 Å². The zero-order valence-electron chi connectivity index (χ0n) is 21.5. The van der Waals surface area contributed by atoms with Crippen LogP contribution in [0.15, 0.2) is 86.0 Å². The Bertz CT molecular complexity index is 1790. The quantitative estimate of drug-likeness (QED) is 0.232. The SMILES string of the molecule is C=C(Nc1cncc(-c2cnc3n[nH]c(-c4cc5c(N6CCCCC6)nccc5[nH]4)c3c2)c1)c1ccccc1. The summed E-state index contributed by atoms with van der Waals surface area (Å²) in [5.74, 6) is 1.05. The van der Waals surface area contributed by atoms with Gasteiger partial charge in [0.25, 0.3) is 0 Å². The summed E-state index contributed by atoms with van der Waals surface area (Å²) in [4.78, 5) is 19.8. The highest BCUT2D eigenvalue weighted by atomic mass is 15.2. The van der Waals surface area contributed by atoms with Crippen molar-refractivity contribution in [1.82, 2.24) is 30.1 Å². The fourth-order valence-electron chi connectivity index (χ4n) is 5.35. The molecule has 0 bridgehead atoms. The number of nitrogens with one attached hydrogen (secondary N) is 3. The van der Waals surface area contributed by atoms with Crippen molar-refractivity contribution < 1.29 is 0 Å². The van der Waals surface area contributed by atoms with Gasteiger partial charge in [0, 0.05) is 59.3 Å². The smallest absolute Gasteiger partial charge is 0.181 e. The number of rotatable bonds is 6. The first-order valence-electron chi connectivity index (χ1n) is 13.3. The lowest BCUT2D eigenvalue weighted by atomic mass is 10.1. The molecule has 8 heteroatoms. The number of hydrogen-bond donors (Lipinski definition) is 3. The molecule has 1 aliphatic rings. The van der Waals surface area contributed by atoms with E-state index in [4.69, 9.17) is 4.98 Å². The summed E-state index contributed by atoms with van der Waals surface area (Å²) in [7, 11) is 0. The van der Waals surface area contributed by atoms with Crippen LogP contribution in [0, 0.1) is 0 Å². The molecule has 3 N–H and O–H groups in total. The number of nitrogens with zero attached hydrogens (tertiary/aromatic N) is 5. The second kappa shape index (κ2) is 9.72. The van der Waals surface area contributed by atoms with E-state index < -0.39 is 0 Å². The number of H-pyrrole nitrogens is 2. The van der Waals surface area contributed by atoms with Gasteiger partial charge < -0.3 is 15.2 Å². The Morgan fingerprint density at radius 1 is 0.872 bits per heavy atom. The molecule has 0 unspecified atom stereocenters. The van der Waals surface area contributed by atoms with E-state index in [2.05, 4.69) is 60.1 Å². The Morgan fingerprint density at radius 3 is 2.59 bits per heavy atom. The van der Waals surface area contributed by atoms with Gasteiger partial charge in [0.1, 0.15) is 5.82 Å². The first-order valence-corrected chi connectivity index (χ1v) is 13.3. The molecule has 0 radical (unpaired) electrons. The Labute approximate surface area is 225 Å². The zero-order chi connectivity index (χ0) is 26.2. The molecule has 1 saturated heterocycles. The monoisotopic (exact) mass is 512 g/mol. The molecule has 1 fully saturated rings. The molecule has 0 atom stereocenters. The molecular formula is C31H28N8. The van der Waals surface area contributed by atoms with Crippen molar-refractivity contribution in [2.45, 2.75) is 19.3 Å². The predicted octanol–water partition coefficient (Wildman–Crippen LogP) is 6.64. The molecule has 192 valence electrons. The number of anilines is 2. The topological polar surface area (TPSA) is 98.4 Å². The average molecular weight is 513 g/mol. The van der Waals surface area contributed by atoms with E-state index in [0.29, 0.717) is 5.65 Å². The van der Waals surface area contributed by atoms with Gasteiger partial charge in [0.05, 0.1) is 28.8 Å². The number of hydrogen-bond acceptors (Lipinski definition) is 6. The van der Waals surface area contributed by atoms with Crippen LogP contribution in [-0.4, -0.2) is 43.2 Å². The minimum Gasteiger partial charge on any atom is -0.356 e. The fraction of sp³-hybridized carbons (Fsp3) is 0.161. The van der Waals surface area contributed by atoms with E-state index in [0.717, 1.165) is 74.7 Å². The van der Waals surface area contributed by atoms with Crippen molar-refractivity contribution >= 4 is 39.1 Å². The molecule has 0 aliphatic carbocycles. The first kappa shape index (κ1) is 23.2. The third-order valence-electron chi connectivity index (χ3n) is 7.35. The van der Waals surface area contributed by atoms with E-state index in [-0.39, 0.29) is 0 Å². The molecule has 8 nitrogen and oxygen atoms in total. The van der Waals surface area contributed by atoms with Crippen LogP contribution in [0.25, 0.3) is 50.1 Å². The summed E-state index contributed by atoms with van der Waals surface area (Å²) in [6.07, 6.45) is 11.1. The lowest BCUT2D eigenvalue weighted by Crippen LogP contribution is -2.30. The molecule has 7 rings (SSSR count). The summed E-state index contributed by atoms with van der Waals surface area (Å²) < 4.78 is 0. The van der Waals surface area contributed by atoms with Crippen LogP contribution in [0.1, 0.15) is 24.8 Å². The number of fused-ring (bicyclic) bond motifs is 2. The van der Waals surface area contributed by atoms with Crippen LogP contribution in [0.3, 0.4) is 0 Å². The maximum absolute atomic E-state index is 4.74. The number of benzene rings is 1. The van der Waals surface area contributed by atoms with Gasteiger partial charge in [-0.2, -0.15) is 5.10 Å². The Hall–Kier alpha value is -4.98. The third-order valence-corrected chi connectivity index (χ3v) is 7.35. The maximum Gasteiger partial charge on any atom is 0.181 e. The summed E-state index contributed by atoms with van der Waals surface area (Å²) in [5, 5.41) is 13.1. The van der Waals surface area contributed by atoms with E-state index >= 15 is 0 Å². The van der Waals surface area contributed by atoms with Crippen LogP contribution >= 0.6 is 0 Å². The summed E-state index contributed by atoms with van der Waals surface area (Å²) in [5.41, 5.74) is 8.22. The average Bonchev–Trinajstić information content (AvgIpc) is 3.62. The molecule has 6 heterocycles. The van der Waals surface area contributed by atoms with Crippen LogP contribution in [-0.2, 0) is 0 Å². The van der Waals surface area contributed by atoms with Gasteiger partial charge in [0.2, 0.25) is 0 Å². The van der Waals surface area contributed by atoms with Gasteiger partial charge in [-0.05, 0) is 49.1 Å². The highest BCUT2D eigenvalue weighted by molar-refractivity contribution is 5.99. The molecule has 6 aromatic rings. The summed E-state index contributed by atoms with van der Waals surface area (Å²) in [6.45, 7) is 6.28. The van der Waals surface area contributed by atoms with Crippen molar-refractivity contribution in [3.63, 3.8) is 0 Å². The van der Waals surface area contributed by atoms with Crippen molar-refractivity contribution in [2.75, 3.05) is 23.3 Å². The minimum atomic E-state index is 0.668. The number of pyridine rings is 3. The summed E-state index contributed by atoms with van der Waals surface area (Å²) in [6, 6.07) is 18.4. The maximum atomic E-state index is 4.74. The highest BCUT2D eigenvalue weighted by Crippen LogP contribution is 2.34.